The Bertz CT molecular complexity index is 1010. The van der Waals surface area contributed by atoms with Gasteiger partial charge in [0.05, 0.1) is 0 Å². The second-order valence-electron chi connectivity index (χ2n) is 7.48. The highest BCUT2D eigenvalue weighted by atomic mass is 16.2. The first-order valence-corrected chi connectivity index (χ1v) is 9.65. The number of nitrogens with zero attached hydrogens (tertiary/aromatic N) is 4. The van der Waals surface area contributed by atoms with Gasteiger partial charge >= 0.3 is 0 Å². The number of pyridine rings is 1. The quantitative estimate of drug-likeness (QED) is 0.604. The van der Waals surface area contributed by atoms with E-state index in [1.807, 2.05) is 75.2 Å². The van der Waals surface area contributed by atoms with E-state index in [0.29, 0.717) is 16.9 Å². The minimum Gasteiger partial charge on any atom is -0.378 e. The summed E-state index contributed by atoms with van der Waals surface area (Å²) in [7, 11) is 7.62. The number of hydrogen-bond acceptors (Lipinski definition) is 5. The molecule has 0 aliphatic rings. The minimum atomic E-state index is -0.416. The summed E-state index contributed by atoms with van der Waals surface area (Å²) < 4.78 is 0. The van der Waals surface area contributed by atoms with E-state index in [1.165, 1.54) is 4.90 Å². The Morgan fingerprint density at radius 1 is 0.733 bits per heavy atom. The zero-order chi connectivity index (χ0) is 21.8. The van der Waals surface area contributed by atoms with E-state index in [1.54, 1.807) is 36.5 Å². The lowest BCUT2D eigenvalue weighted by atomic mass is 10.1. The molecule has 1 heterocycles. The molecule has 0 fully saturated rings. The maximum absolute atomic E-state index is 13.5. The average Bonchev–Trinajstić information content (AvgIpc) is 2.75. The van der Waals surface area contributed by atoms with Gasteiger partial charge in [-0.1, -0.05) is 18.2 Å². The summed E-state index contributed by atoms with van der Waals surface area (Å²) in [4.78, 5) is 36.4. The lowest BCUT2D eigenvalue weighted by Gasteiger charge is -2.23. The van der Waals surface area contributed by atoms with Gasteiger partial charge in [-0.2, -0.15) is 0 Å². The van der Waals surface area contributed by atoms with Crippen molar-refractivity contribution < 1.29 is 9.59 Å². The summed E-state index contributed by atoms with van der Waals surface area (Å²) >= 11 is 0. The summed E-state index contributed by atoms with van der Waals surface area (Å²) in [5.41, 5.74) is 3.33. The van der Waals surface area contributed by atoms with Crippen molar-refractivity contribution in [2.75, 3.05) is 42.9 Å². The van der Waals surface area contributed by atoms with Gasteiger partial charge in [-0.25, -0.2) is 9.88 Å². The number of carbonyl (C=O) groups is 2. The molecular weight excluding hydrogens is 376 g/mol. The van der Waals surface area contributed by atoms with Crippen LogP contribution in [0.25, 0.3) is 0 Å². The average molecular weight is 402 g/mol. The topological polar surface area (TPSA) is 56.8 Å². The molecular formula is C24H26N4O2. The van der Waals surface area contributed by atoms with Crippen LogP contribution in [0.3, 0.4) is 0 Å². The predicted octanol–water partition coefficient (Wildman–Crippen LogP) is 4.01. The summed E-state index contributed by atoms with van der Waals surface area (Å²) in [6.45, 7) is 1.84. The Morgan fingerprint density at radius 2 is 1.23 bits per heavy atom. The van der Waals surface area contributed by atoms with Crippen LogP contribution >= 0.6 is 0 Å². The molecule has 0 saturated carbocycles. The molecule has 6 nitrogen and oxygen atoms in total. The van der Waals surface area contributed by atoms with Crippen molar-refractivity contribution in [3.63, 3.8) is 0 Å². The number of aromatic nitrogens is 1. The highest BCUT2D eigenvalue weighted by molar-refractivity contribution is 6.25. The molecule has 0 N–H and O–H groups in total. The normalized spacial score (nSPS) is 10.4. The number of benzene rings is 2. The summed E-state index contributed by atoms with van der Waals surface area (Å²) in [6, 6.07) is 18.0. The Hall–Kier alpha value is -3.67. The molecule has 2 amide bonds. The second kappa shape index (κ2) is 8.78. The van der Waals surface area contributed by atoms with E-state index in [9.17, 15) is 9.59 Å². The van der Waals surface area contributed by atoms with Gasteiger partial charge in [0.15, 0.2) is 0 Å². The van der Waals surface area contributed by atoms with Crippen LogP contribution < -0.4 is 14.7 Å². The summed E-state index contributed by atoms with van der Waals surface area (Å²) in [5, 5.41) is 0. The third-order valence-corrected chi connectivity index (χ3v) is 4.82. The van der Waals surface area contributed by atoms with Crippen molar-refractivity contribution in [2.24, 2.45) is 0 Å². The van der Waals surface area contributed by atoms with Crippen molar-refractivity contribution in [2.45, 2.75) is 6.92 Å². The maximum Gasteiger partial charge on any atom is 0.266 e. The smallest absolute Gasteiger partial charge is 0.266 e. The molecule has 0 atom stereocenters. The van der Waals surface area contributed by atoms with Gasteiger partial charge in [0, 0.05) is 56.9 Å². The van der Waals surface area contributed by atoms with E-state index < -0.39 is 11.8 Å². The number of aryl methyl sites for hydroxylation is 1. The van der Waals surface area contributed by atoms with Crippen molar-refractivity contribution in [3.8, 4) is 0 Å². The monoisotopic (exact) mass is 402 g/mol. The molecule has 0 radical (unpaired) electrons. The maximum atomic E-state index is 13.5. The lowest BCUT2D eigenvalue weighted by Crippen LogP contribution is -2.38. The van der Waals surface area contributed by atoms with Gasteiger partial charge in [-0.05, 0) is 55.0 Å². The van der Waals surface area contributed by atoms with E-state index in [-0.39, 0.29) is 0 Å². The minimum absolute atomic E-state index is 0.331. The molecule has 0 spiro atoms. The fourth-order valence-corrected chi connectivity index (χ4v) is 3.09. The highest BCUT2D eigenvalue weighted by Gasteiger charge is 2.28. The van der Waals surface area contributed by atoms with Gasteiger partial charge in [0.2, 0.25) is 0 Å². The molecule has 2 aromatic carbocycles. The third-order valence-electron chi connectivity index (χ3n) is 4.82. The van der Waals surface area contributed by atoms with E-state index in [4.69, 9.17) is 0 Å². The standard InChI is InChI=1S/C24H26N4O2/c1-17-9-8-14-25-22(17)28(23(29)18-10-6-12-20(15-18)26(2)3)24(30)19-11-7-13-21(16-19)27(4)5/h6-16H,1-5H3. The molecule has 0 bridgehead atoms. The van der Waals surface area contributed by atoms with Crippen LogP contribution in [0.5, 0.6) is 0 Å². The van der Waals surface area contributed by atoms with Crippen molar-refractivity contribution >= 4 is 29.0 Å². The first-order valence-electron chi connectivity index (χ1n) is 9.65. The molecule has 6 heteroatoms. The molecule has 3 aromatic rings. The molecule has 0 saturated heterocycles. The molecule has 0 aliphatic heterocycles. The molecule has 30 heavy (non-hydrogen) atoms. The van der Waals surface area contributed by atoms with E-state index >= 15 is 0 Å². The number of rotatable bonds is 5. The van der Waals surface area contributed by atoms with Crippen LogP contribution in [0.15, 0.2) is 66.9 Å². The first kappa shape index (κ1) is 21.0. The van der Waals surface area contributed by atoms with Gasteiger partial charge in [-0.15, -0.1) is 0 Å². The Balaban J connectivity index is 2.11. The van der Waals surface area contributed by atoms with Gasteiger partial charge in [0.25, 0.3) is 11.8 Å². The van der Waals surface area contributed by atoms with Crippen molar-refractivity contribution in [1.82, 2.24) is 4.98 Å². The van der Waals surface area contributed by atoms with Gasteiger partial charge in [-0.3, -0.25) is 9.59 Å². The first-order chi connectivity index (χ1) is 14.3. The molecule has 3 rings (SSSR count). The number of hydrogen-bond donors (Lipinski definition) is 0. The zero-order valence-corrected chi connectivity index (χ0v) is 18.0. The third kappa shape index (κ3) is 4.33. The zero-order valence-electron chi connectivity index (χ0n) is 18.0. The number of anilines is 3. The predicted molar refractivity (Wildman–Crippen MR) is 122 cm³/mol. The second-order valence-corrected chi connectivity index (χ2v) is 7.48. The van der Waals surface area contributed by atoms with Crippen LogP contribution in [-0.4, -0.2) is 45.0 Å². The lowest BCUT2D eigenvalue weighted by molar-refractivity contribution is 0.0896. The summed E-state index contributed by atoms with van der Waals surface area (Å²) in [6.07, 6.45) is 1.59. The van der Waals surface area contributed by atoms with Crippen LogP contribution in [0.2, 0.25) is 0 Å². The molecule has 0 aliphatic carbocycles. The van der Waals surface area contributed by atoms with E-state index in [2.05, 4.69) is 4.98 Å². The van der Waals surface area contributed by atoms with Crippen molar-refractivity contribution in [3.05, 3.63) is 83.6 Å². The SMILES string of the molecule is Cc1cccnc1N(C(=O)c1cccc(N(C)C)c1)C(=O)c1cccc(N(C)C)c1. The van der Waals surface area contributed by atoms with Crippen LogP contribution in [0, 0.1) is 6.92 Å². The Labute approximate surface area is 177 Å². The molecule has 154 valence electrons. The number of amides is 2. The van der Waals surface area contributed by atoms with E-state index in [0.717, 1.165) is 16.9 Å². The Kier molecular flexibility index (Phi) is 6.16. The largest absolute Gasteiger partial charge is 0.378 e. The van der Waals surface area contributed by atoms with Crippen molar-refractivity contribution in [1.29, 1.82) is 0 Å². The van der Waals surface area contributed by atoms with Crippen LogP contribution in [0.4, 0.5) is 17.2 Å². The molecule has 1 aromatic heterocycles. The highest BCUT2D eigenvalue weighted by Crippen LogP contribution is 2.24. The fraction of sp³-hybridized carbons (Fsp3) is 0.208. The number of imide groups is 1. The fourth-order valence-electron chi connectivity index (χ4n) is 3.09. The Morgan fingerprint density at radius 3 is 1.67 bits per heavy atom. The molecule has 0 unspecified atom stereocenters. The van der Waals surface area contributed by atoms with Crippen LogP contribution in [0.1, 0.15) is 26.3 Å². The number of carbonyl (C=O) groups excluding carboxylic acids is 2. The van der Waals surface area contributed by atoms with Crippen LogP contribution in [-0.2, 0) is 0 Å². The van der Waals surface area contributed by atoms with Gasteiger partial charge < -0.3 is 9.80 Å². The summed E-state index contributed by atoms with van der Waals surface area (Å²) in [5.74, 6) is -0.500. The van der Waals surface area contributed by atoms with Gasteiger partial charge in [0.1, 0.15) is 5.82 Å².